The predicted molar refractivity (Wildman–Crippen MR) is 66.9 cm³/mol. The maximum atomic E-state index is 11.5. The number of nitrogens with two attached hydrogens (primary N) is 1. The van der Waals surface area contributed by atoms with E-state index in [4.69, 9.17) is 10.5 Å². The van der Waals surface area contributed by atoms with Gasteiger partial charge < -0.3 is 21.1 Å². The first kappa shape index (κ1) is 14.9. The number of methoxy groups -OCH3 is 1. The summed E-state index contributed by atoms with van der Waals surface area (Å²) in [6.45, 7) is 1.21. The van der Waals surface area contributed by atoms with Crippen molar-refractivity contribution < 1.29 is 14.3 Å². The van der Waals surface area contributed by atoms with Crippen LogP contribution in [0.3, 0.4) is 0 Å². The Morgan fingerprint density at radius 3 is 2.74 bits per heavy atom. The minimum absolute atomic E-state index is 0.0233. The molecule has 0 aliphatic heterocycles. The lowest BCUT2D eigenvalue weighted by atomic mass is 10.4. The minimum atomic E-state index is -0.255. The number of hydrogen-bond donors (Lipinski definition) is 3. The SMILES string of the molecule is COCCNC(=O)CCNC(=O)Cn1cnc(N)n1. The average Bonchev–Trinajstić information content (AvgIpc) is 2.75. The molecule has 0 aliphatic rings. The van der Waals surface area contributed by atoms with Crippen LogP contribution in [0, 0.1) is 0 Å². The molecule has 19 heavy (non-hydrogen) atoms. The number of nitrogens with one attached hydrogen (secondary N) is 2. The van der Waals surface area contributed by atoms with Gasteiger partial charge in [-0.05, 0) is 0 Å². The van der Waals surface area contributed by atoms with Crippen molar-refractivity contribution in [2.45, 2.75) is 13.0 Å². The first-order chi connectivity index (χ1) is 9.11. The van der Waals surface area contributed by atoms with E-state index in [-0.39, 0.29) is 37.3 Å². The summed E-state index contributed by atoms with van der Waals surface area (Å²) in [5.41, 5.74) is 5.31. The number of anilines is 1. The molecule has 1 aromatic heterocycles. The molecule has 0 radical (unpaired) electrons. The Morgan fingerprint density at radius 2 is 2.11 bits per heavy atom. The fourth-order valence-electron chi connectivity index (χ4n) is 1.28. The quantitative estimate of drug-likeness (QED) is 0.475. The summed E-state index contributed by atoms with van der Waals surface area (Å²) in [6.07, 6.45) is 1.58. The highest BCUT2D eigenvalue weighted by atomic mass is 16.5. The van der Waals surface area contributed by atoms with Crippen molar-refractivity contribution in [3.63, 3.8) is 0 Å². The molecule has 1 aromatic rings. The van der Waals surface area contributed by atoms with E-state index in [1.807, 2.05) is 0 Å². The molecule has 0 saturated heterocycles. The summed E-state index contributed by atoms with van der Waals surface area (Å²) in [7, 11) is 1.56. The average molecular weight is 270 g/mol. The molecule has 0 unspecified atom stereocenters. The van der Waals surface area contributed by atoms with E-state index in [1.165, 1.54) is 11.0 Å². The molecule has 0 saturated carbocycles. The summed E-state index contributed by atoms with van der Waals surface area (Å²) < 4.78 is 6.12. The van der Waals surface area contributed by atoms with Gasteiger partial charge in [-0.2, -0.15) is 0 Å². The summed E-state index contributed by atoms with van der Waals surface area (Å²) in [5.74, 6) is -0.276. The van der Waals surface area contributed by atoms with E-state index < -0.39 is 0 Å². The van der Waals surface area contributed by atoms with E-state index in [0.717, 1.165) is 0 Å². The number of nitrogen functional groups attached to an aromatic ring is 1. The Morgan fingerprint density at radius 1 is 1.37 bits per heavy atom. The zero-order valence-electron chi connectivity index (χ0n) is 10.8. The monoisotopic (exact) mass is 270 g/mol. The topological polar surface area (TPSA) is 124 Å². The van der Waals surface area contributed by atoms with Crippen LogP contribution in [0.5, 0.6) is 0 Å². The Balaban J connectivity index is 2.11. The van der Waals surface area contributed by atoms with E-state index in [2.05, 4.69) is 20.7 Å². The lowest BCUT2D eigenvalue weighted by molar-refractivity contribution is -0.122. The zero-order valence-corrected chi connectivity index (χ0v) is 10.8. The molecule has 1 heterocycles. The predicted octanol–water partition coefficient (Wildman–Crippen LogP) is -1.87. The Labute approximate surface area is 110 Å². The van der Waals surface area contributed by atoms with Crippen LogP contribution in [0.1, 0.15) is 6.42 Å². The van der Waals surface area contributed by atoms with Crippen LogP contribution < -0.4 is 16.4 Å². The molecule has 9 nitrogen and oxygen atoms in total. The number of carbonyl (C=O) groups excluding carboxylic acids is 2. The fourth-order valence-corrected chi connectivity index (χ4v) is 1.28. The Kier molecular flexibility index (Phi) is 6.30. The highest BCUT2D eigenvalue weighted by Gasteiger charge is 2.05. The van der Waals surface area contributed by atoms with Gasteiger partial charge in [-0.1, -0.05) is 0 Å². The van der Waals surface area contributed by atoms with E-state index in [0.29, 0.717) is 13.2 Å². The molecule has 0 aromatic carbocycles. The normalized spacial score (nSPS) is 10.2. The molecule has 0 bridgehead atoms. The summed E-state index contributed by atoms with van der Waals surface area (Å²) in [6, 6.07) is 0. The van der Waals surface area contributed by atoms with Gasteiger partial charge in [-0.3, -0.25) is 9.59 Å². The number of amides is 2. The van der Waals surface area contributed by atoms with Crippen molar-refractivity contribution >= 4 is 17.8 Å². The Bertz CT molecular complexity index is 419. The Hall–Kier alpha value is -2.16. The van der Waals surface area contributed by atoms with Gasteiger partial charge in [0, 0.05) is 26.6 Å². The molecule has 0 fully saturated rings. The summed E-state index contributed by atoms with van der Waals surface area (Å²) in [5, 5.41) is 9.03. The molecule has 0 atom stereocenters. The summed E-state index contributed by atoms with van der Waals surface area (Å²) in [4.78, 5) is 26.5. The second-order valence-electron chi connectivity index (χ2n) is 3.74. The molecule has 0 aliphatic carbocycles. The van der Waals surface area contributed by atoms with Crippen LogP contribution >= 0.6 is 0 Å². The van der Waals surface area contributed by atoms with Crippen molar-refractivity contribution in [2.24, 2.45) is 0 Å². The van der Waals surface area contributed by atoms with Gasteiger partial charge in [-0.25, -0.2) is 9.67 Å². The number of aromatic nitrogens is 3. The first-order valence-corrected chi connectivity index (χ1v) is 5.79. The number of nitrogens with zero attached hydrogens (tertiary/aromatic N) is 3. The standard InChI is InChI=1S/C10H18N6O3/c1-19-5-4-13-8(17)2-3-12-9(18)6-16-7-14-10(11)15-16/h7H,2-6H2,1H3,(H2,11,15)(H,12,18)(H,13,17). The molecule has 9 heteroatoms. The third-order valence-corrected chi connectivity index (χ3v) is 2.16. The van der Waals surface area contributed by atoms with Crippen LogP contribution in [0.2, 0.25) is 0 Å². The highest BCUT2D eigenvalue weighted by molar-refractivity contribution is 5.78. The smallest absolute Gasteiger partial charge is 0.241 e. The number of carbonyl (C=O) groups is 2. The largest absolute Gasteiger partial charge is 0.383 e. The number of rotatable bonds is 8. The van der Waals surface area contributed by atoms with Gasteiger partial charge in [0.05, 0.1) is 6.61 Å². The molecule has 1 rings (SSSR count). The van der Waals surface area contributed by atoms with Crippen molar-refractivity contribution in [2.75, 3.05) is 32.5 Å². The first-order valence-electron chi connectivity index (χ1n) is 5.79. The van der Waals surface area contributed by atoms with Gasteiger partial charge in [0.2, 0.25) is 17.8 Å². The van der Waals surface area contributed by atoms with Crippen molar-refractivity contribution in [3.05, 3.63) is 6.33 Å². The van der Waals surface area contributed by atoms with Crippen LogP contribution in [-0.4, -0.2) is 53.4 Å². The molecule has 2 amide bonds. The highest BCUT2D eigenvalue weighted by Crippen LogP contribution is 1.89. The van der Waals surface area contributed by atoms with Gasteiger partial charge in [0.1, 0.15) is 12.9 Å². The lowest BCUT2D eigenvalue weighted by Gasteiger charge is -2.06. The minimum Gasteiger partial charge on any atom is -0.383 e. The second-order valence-corrected chi connectivity index (χ2v) is 3.74. The molecule has 106 valence electrons. The van der Waals surface area contributed by atoms with Crippen LogP contribution in [-0.2, 0) is 20.9 Å². The van der Waals surface area contributed by atoms with Crippen LogP contribution in [0.4, 0.5) is 5.95 Å². The van der Waals surface area contributed by atoms with E-state index in [9.17, 15) is 9.59 Å². The van der Waals surface area contributed by atoms with Crippen molar-refractivity contribution in [3.8, 4) is 0 Å². The van der Waals surface area contributed by atoms with E-state index >= 15 is 0 Å². The number of ether oxygens (including phenoxy) is 1. The zero-order chi connectivity index (χ0) is 14.1. The van der Waals surface area contributed by atoms with Gasteiger partial charge in [0.15, 0.2) is 0 Å². The van der Waals surface area contributed by atoms with Gasteiger partial charge in [-0.15, -0.1) is 5.10 Å². The second kappa shape index (κ2) is 8.03. The third kappa shape index (κ3) is 6.36. The van der Waals surface area contributed by atoms with Crippen LogP contribution in [0.15, 0.2) is 6.33 Å². The molecule has 0 spiro atoms. The van der Waals surface area contributed by atoms with Crippen molar-refractivity contribution in [1.82, 2.24) is 25.4 Å². The molecular formula is C10H18N6O3. The molecule has 4 N–H and O–H groups in total. The van der Waals surface area contributed by atoms with E-state index in [1.54, 1.807) is 7.11 Å². The van der Waals surface area contributed by atoms with Crippen LogP contribution in [0.25, 0.3) is 0 Å². The lowest BCUT2D eigenvalue weighted by Crippen LogP contribution is -2.33. The fraction of sp³-hybridized carbons (Fsp3) is 0.600. The van der Waals surface area contributed by atoms with Crippen molar-refractivity contribution in [1.29, 1.82) is 0 Å². The third-order valence-electron chi connectivity index (χ3n) is 2.16. The number of hydrogen-bond acceptors (Lipinski definition) is 6. The summed E-state index contributed by atoms with van der Waals surface area (Å²) >= 11 is 0. The maximum Gasteiger partial charge on any atom is 0.241 e. The maximum absolute atomic E-state index is 11.5. The van der Waals surface area contributed by atoms with Gasteiger partial charge >= 0.3 is 0 Å². The van der Waals surface area contributed by atoms with Gasteiger partial charge in [0.25, 0.3) is 0 Å². The molecular weight excluding hydrogens is 252 g/mol.